The van der Waals surface area contributed by atoms with Gasteiger partial charge in [0.15, 0.2) is 0 Å². The molecule has 2 aromatic carbocycles. The van der Waals surface area contributed by atoms with Crippen molar-refractivity contribution in [1.29, 1.82) is 0 Å². The summed E-state index contributed by atoms with van der Waals surface area (Å²) in [6.07, 6.45) is 5.57. The van der Waals surface area contributed by atoms with Gasteiger partial charge in [0.1, 0.15) is 0 Å². The number of hydrogen-bond acceptors (Lipinski definition) is 1. The van der Waals surface area contributed by atoms with Crippen molar-refractivity contribution < 1.29 is 0 Å². The second-order valence-corrected chi connectivity index (χ2v) is 5.90. The third-order valence-electron chi connectivity index (χ3n) is 4.14. The van der Waals surface area contributed by atoms with Crippen molar-refractivity contribution in [2.45, 2.75) is 32.7 Å². The van der Waals surface area contributed by atoms with Gasteiger partial charge in [-0.2, -0.15) is 0 Å². The Balaban J connectivity index is 1.87. The molecule has 0 aromatic heterocycles. The highest BCUT2D eigenvalue weighted by Crippen LogP contribution is 2.28. The first kappa shape index (κ1) is 15.5. The molecule has 0 bridgehead atoms. The van der Waals surface area contributed by atoms with Gasteiger partial charge < -0.3 is 4.81 Å². The van der Waals surface area contributed by atoms with Crippen LogP contribution in [0.4, 0.5) is 5.69 Å². The highest BCUT2D eigenvalue weighted by atomic mass is 15.1. The zero-order valence-corrected chi connectivity index (χ0v) is 13.7. The number of benzene rings is 2. The molecule has 1 aliphatic heterocycles. The van der Waals surface area contributed by atoms with Crippen LogP contribution in [0.2, 0.25) is 0 Å². The number of para-hydroxylation sites is 1. The third kappa shape index (κ3) is 3.87. The van der Waals surface area contributed by atoms with Gasteiger partial charge in [-0.1, -0.05) is 73.9 Å². The van der Waals surface area contributed by atoms with Crippen LogP contribution in [0.1, 0.15) is 37.3 Å². The summed E-state index contributed by atoms with van der Waals surface area (Å²) in [7, 11) is 0. The van der Waals surface area contributed by atoms with Crippen molar-refractivity contribution >= 4 is 18.6 Å². The van der Waals surface area contributed by atoms with Crippen LogP contribution in [0.15, 0.2) is 60.6 Å². The first-order valence-electron chi connectivity index (χ1n) is 8.44. The van der Waals surface area contributed by atoms with Gasteiger partial charge >= 0.3 is 6.85 Å². The van der Waals surface area contributed by atoms with Gasteiger partial charge in [-0.05, 0) is 23.6 Å². The van der Waals surface area contributed by atoms with Gasteiger partial charge in [-0.25, -0.2) is 0 Å². The van der Waals surface area contributed by atoms with Gasteiger partial charge in [0.05, 0.1) is 0 Å². The molecule has 0 saturated carbocycles. The molecule has 114 valence electrons. The number of unbranched alkanes of at least 4 members (excludes halogenated alkanes) is 2. The molecule has 3 rings (SSSR count). The van der Waals surface area contributed by atoms with E-state index in [9.17, 15) is 0 Å². The maximum absolute atomic E-state index is 3.46. The molecular weight excluding hydrogens is 277 g/mol. The fourth-order valence-electron chi connectivity index (χ4n) is 2.87. The quantitative estimate of drug-likeness (QED) is 0.437. The zero-order chi connectivity index (χ0) is 15.9. The van der Waals surface area contributed by atoms with E-state index >= 15 is 0 Å². The van der Waals surface area contributed by atoms with Gasteiger partial charge in [0.2, 0.25) is 0 Å². The van der Waals surface area contributed by atoms with Crippen LogP contribution >= 0.6 is 0 Å². The Labute approximate surface area is 140 Å². The molecule has 0 N–H and O–H groups in total. The molecule has 1 heterocycles. The lowest BCUT2D eigenvalue weighted by molar-refractivity contribution is 0.828. The van der Waals surface area contributed by atoms with Crippen LogP contribution in [-0.2, 0) is 6.54 Å². The van der Waals surface area contributed by atoms with Crippen molar-refractivity contribution in [3.63, 3.8) is 0 Å². The first-order chi connectivity index (χ1) is 11.4. The van der Waals surface area contributed by atoms with E-state index < -0.39 is 0 Å². The topological polar surface area (TPSA) is 3.24 Å². The lowest BCUT2D eigenvalue weighted by Gasteiger charge is -2.31. The predicted octanol–water partition coefficient (Wildman–Crippen LogP) is 4.98. The summed E-state index contributed by atoms with van der Waals surface area (Å²) >= 11 is 0. The Morgan fingerprint density at radius 2 is 1.78 bits per heavy atom. The zero-order valence-electron chi connectivity index (χ0n) is 13.7. The minimum atomic E-state index is 0.155. The molecule has 0 amide bonds. The van der Waals surface area contributed by atoms with Gasteiger partial charge in [0, 0.05) is 18.7 Å². The second kappa shape index (κ2) is 7.74. The average Bonchev–Trinajstić information content (AvgIpc) is 2.61. The Bertz CT molecular complexity index is 724. The van der Waals surface area contributed by atoms with Crippen molar-refractivity contribution in [3.05, 3.63) is 71.7 Å². The summed E-state index contributed by atoms with van der Waals surface area (Å²) < 4.78 is 0. The summed E-state index contributed by atoms with van der Waals surface area (Å²) in [5.74, 6) is 9.04. The van der Waals surface area contributed by atoms with E-state index in [1.807, 2.05) is 0 Å². The molecule has 0 saturated heterocycles. The molecular formula is C21H22BN. The van der Waals surface area contributed by atoms with Gasteiger partial charge in [-0.15, -0.1) is 11.7 Å². The van der Waals surface area contributed by atoms with Crippen molar-refractivity contribution in [2.75, 3.05) is 4.81 Å². The molecule has 0 aliphatic carbocycles. The molecule has 2 aromatic rings. The molecule has 23 heavy (non-hydrogen) atoms. The van der Waals surface area contributed by atoms with Crippen LogP contribution in [-0.4, -0.2) is 6.85 Å². The highest BCUT2D eigenvalue weighted by Gasteiger charge is 2.24. The number of nitrogens with zero attached hydrogens (tertiary/aromatic N) is 1. The number of anilines is 1. The summed E-state index contributed by atoms with van der Waals surface area (Å²) in [6, 6.07) is 19.2. The van der Waals surface area contributed by atoms with E-state index in [1.165, 1.54) is 29.7 Å². The summed E-state index contributed by atoms with van der Waals surface area (Å²) in [5, 5.41) is 0. The minimum Gasteiger partial charge on any atom is -0.396 e. The third-order valence-corrected chi connectivity index (χ3v) is 4.14. The number of rotatable bonds is 4. The van der Waals surface area contributed by atoms with Crippen molar-refractivity contribution in [3.8, 4) is 11.7 Å². The van der Waals surface area contributed by atoms with E-state index in [0.29, 0.717) is 0 Å². The van der Waals surface area contributed by atoms with Crippen LogP contribution < -0.4 is 4.81 Å². The molecule has 0 unspecified atom stereocenters. The molecule has 0 radical (unpaired) electrons. The van der Waals surface area contributed by atoms with E-state index in [-0.39, 0.29) is 6.85 Å². The predicted molar refractivity (Wildman–Crippen MR) is 101 cm³/mol. The Hall–Kier alpha value is -2.40. The Kier molecular flexibility index (Phi) is 5.22. The summed E-state index contributed by atoms with van der Waals surface area (Å²) in [5.41, 5.74) is 3.86. The second-order valence-electron chi connectivity index (χ2n) is 5.90. The molecule has 1 aliphatic rings. The van der Waals surface area contributed by atoms with Gasteiger partial charge in [0.25, 0.3) is 0 Å². The largest absolute Gasteiger partial charge is 0.396 e. The smallest absolute Gasteiger partial charge is 0.369 e. The SMILES string of the molecule is CCCCC#CB1C=Cc2ccccc2N1Cc1ccccc1. The fourth-order valence-corrected chi connectivity index (χ4v) is 2.87. The van der Waals surface area contributed by atoms with Crippen LogP contribution in [0.3, 0.4) is 0 Å². The van der Waals surface area contributed by atoms with E-state index in [1.54, 1.807) is 0 Å². The maximum Gasteiger partial charge on any atom is 0.369 e. The van der Waals surface area contributed by atoms with Crippen molar-refractivity contribution in [2.24, 2.45) is 0 Å². The molecule has 2 heteroatoms. The number of hydrogen-bond donors (Lipinski definition) is 0. The van der Waals surface area contributed by atoms with E-state index in [4.69, 9.17) is 0 Å². The lowest BCUT2D eigenvalue weighted by Crippen LogP contribution is -2.39. The Morgan fingerprint density at radius 3 is 2.61 bits per heavy atom. The summed E-state index contributed by atoms with van der Waals surface area (Å²) in [4.78, 5) is 2.41. The van der Waals surface area contributed by atoms with Crippen molar-refractivity contribution in [1.82, 2.24) is 0 Å². The summed E-state index contributed by atoms with van der Waals surface area (Å²) in [6.45, 7) is 3.25. The maximum atomic E-state index is 3.46. The Morgan fingerprint density at radius 1 is 1.00 bits per heavy atom. The van der Waals surface area contributed by atoms with E-state index in [0.717, 1.165) is 13.0 Å². The number of fused-ring (bicyclic) bond motifs is 1. The molecule has 1 nitrogen and oxygen atoms in total. The van der Waals surface area contributed by atoms with Crippen LogP contribution in [0.25, 0.3) is 6.08 Å². The standard InChI is InChI=1S/C21H22BN/c1-2-3-4-10-16-22-17-15-20-13-8-9-14-21(20)23(22)18-19-11-6-5-7-12-19/h5-9,11-15,17H,2-4,18H2,1H3. The highest BCUT2D eigenvalue weighted by molar-refractivity contribution is 6.77. The van der Waals surface area contributed by atoms with Crippen LogP contribution in [0.5, 0.6) is 0 Å². The molecule has 0 atom stereocenters. The fraction of sp³-hybridized carbons (Fsp3) is 0.238. The van der Waals surface area contributed by atoms with E-state index in [2.05, 4.69) is 90.1 Å². The molecule has 0 fully saturated rings. The van der Waals surface area contributed by atoms with Crippen LogP contribution in [0, 0.1) is 11.7 Å². The lowest BCUT2D eigenvalue weighted by atomic mass is 9.58. The average molecular weight is 299 g/mol. The monoisotopic (exact) mass is 299 g/mol. The first-order valence-corrected chi connectivity index (χ1v) is 8.44. The minimum absolute atomic E-state index is 0.155. The molecule has 0 spiro atoms. The van der Waals surface area contributed by atoms with Gasteiger partial charge in [-0.3, -0.25) is 0 Å². The normalized spacial score (nSPS) is 12.6.